The highest BCUT2D eigenvalue weighted by Gasteiger charge is 2.31. The van der Waals surface area contributed by atoms with E-state index < -0.39 is 10.0 Å². The number of hydrogen-bond acceptors (Lipinski definition) is 7. The van der Waals surface area contributed by atoms with Crippen LogP contribution in [0.15, 0.2) is 71.3 Å². The zero-order valence-corrected chi connectivity index (χ0v) is 16.3. The van der Waals surface area contributed by atoms with E-state index in [9.17, 15) is 13.5 Å². The second-order valence-electron chi connectivity index (χ2n) is 5.80. The average molecular weight is 413 g/mol. The van der Waals surface area contributed by atoms with Gasteiger partial charge in [-0.25, -0.2) is 17.7 Å². The Kier molecular flexibility index (Phi) is 4.62. The number of aromatic nitrogens is 2. The number of para-hydroxylation sites is 2. The monoisotopic (exact) mass is 413 g/mol. The summed E-state index contributed by atoms with van der Waals surface area (Å²) in [6.07, 6.45) is 4.37. The lowest BCUT2D eigenvalue weighted by atomic mass is 10.2. The second-order valence-corrected chi connectivity index (χ2v) is 8.46. The van der Waals surface area contributed by atoms with Crippen molar-refractivity contribution in [2.24, 2.45) is 0 Å². The summed E-state index contributed by atoms with van der Waals surface area (Å²) in [5, 5.41) is 13.1. The van der Waals surface area contributed by atoms with Crippen LogP contribution in [0.1, 0.15) is 0 Å². The van der Waals surface area contributed by atoms with Crippen molar-refractivity contribution in [2.75, 3.05) is 11.4 Å². The lowest BCUT2D eigenvalue weighted by molar-refractivity contribution is 0.416. The van der Waals surface area contributed by atoms with Gasteiger partial charge in [-0.05, 0) is 24.3 Å². The van der Waals surface area contributed by atoms with Crippen LogP contribution in [0.3, 0.4) is 0 Å². The summed E-state index contributed by atoms with van der Waals surface area (Å²) >= 11 is 1.19. The van der Waals surface area contributed by atoms with Gasteiger partial charge in [-0.1, -0.05) is 18.2 Å². The first-order valence-corrected chi connectivity index (χ1v) is 10.5. The molecule has 0 bridgehead atoms. The third kappa shape index (κ3) is 3.04. The number of ether oxygens (including phenoxy) is 1. The van der Waals surface area contributed by atoms with Gasteiger partial charge in [-0.3, -0.25) is 4.98 Å². The summed E-state index contributed by atoms with van der Waals surface area (Å²) < 4.78 is 33.7. The molecule has 9 heteroatoms. The van der Waals surface area contributed by atoms with Crippen LogP contribution in [-0.2, 0) is 10.0 Å². The number of rotatable bonds is 5. The molecule has 2 aromatic carbocycles. The molecule has 0 unspecified atom stereocenters. The van der Waals surface area contributed by atoms with Crippen LogP contribution in [0.4, 0.5) is 10.8 Å². The first-order valence-electron chi connectivity index (χ1n) is 8.17. The zero-order chi connectivity index (χ0) is 19.7. The van der Waals surface area contributed by atoms with Gasteiger partial charge in [0.25, 0.3) is 10.0 Å². The molecule has 1 N–H and O–H groups in total. The highest BCUT2D eigenvalue weighted by atomic mass is 32.2. The van der Waals surface area contributed by atoms with Crippen molar-refractivity contribution in [2.45, 2.75) is 4.90 Å². The molecule has 0 aliphatic rings. The maximum Gasteiger partial charge on any atom is 0.270 e. The van der Waals surface area contributed by atoms with Crippen molar-refractivity contribution >= 4 is 43.0 Å². The molecule has 0 spiro atoms. The van der Waals surface area contributed by atoms with Gasteiger partial charge in [0.15, 0.2) is 0 Å². The minimum absolute atomic E-state index is 0.0163. The van der Waals surface area contributed by atoms with E-state index in [0.717, 1.165) is 4.31 Å². The predicted octanol–water partition coefficient (Wildman–Crippen LogP) is 3.93. The van der Waals surface area contributed by atoms with E-state index in [-0.39, 0.29) is 15.8 Å². The van der Waals surface area contributed by atoms with Crippen LogP contribution >= 0.6 is 11.3 Å². The lowest BCUT2D eigenvalue weighted by Gasteiger charge is -2.23. The first kappa shape index (κ1) is 18.2. The quantitative estimate of drug-likeness (QED) is 0.533. The Hall–Kier alpha value is -3.17. The van der Waals surface area contributed by atoms with Crippen LogP contribution < -0.4 is 9.04 Å². The number of sulfonamides is 1. The first-order chi connectivity index (χ1) is 13.5. The van der Waals surface area contributed by atoms with Crippen LogP contribution in [-0.4, -0.2) is 30.6 Å². The van der Waals surface area contributed by atoms with E-state index in [0.29, 0.717) is 22.2 Å². The Morgan fingerprint density at radius 3 is 2.71 bits per heavy atom. The highest BCUT2D eigenvalue weighted by Crippen LogP contribution is 2.39. The van der Waals surface area contributed by atoms with Gasteiger partial charge >= 0.3 is 0 Å². The minimum atomic E-state index is -4.05. The average Bonchev–Trinajstić information content (AvgIpc) is 3.22. The molecule has 0 atom stereocenters. The normalized spacial score (nSPS) is 11.5. The number of methoxy groups -OCH3 is 1. The smallest absolute Gasteiger partial charge is 0.270 e. The predicted molar refractivity (Wildman–Crippen MR) is 108 cm³/mol. The molecule has 7 nitrogen and oxygen atoms in total. The Balaban J connectivity index is 1.94. The third-order valence-corrected chi connectivity index (χ3v) is 6.72. The van der Waals surface area contributed by atoms with E-state index in [1.54, 1.807) is 41.9 Å². The molecule has 0 fully saturated rings. The van der Waals surface area contributed by atoms with Crippen LogP contribution in [0.2, 0.25) is 0 Å². The summed E-state index contributed by atoms with van der Waals surface area (Å²) in [5.41, 5.74) is 0.346. The van der Waals surface area contributed by atoms with Crippen LogP contribution in [0.25, 0.3) is 10.8 Å². The lowest BCUT2D eigenvalue weighted by Crippen LogP contribution is -2.26. The number of hydrogen-bond donors (Lipinski definition) is 1. The van der Waals surface area contributed by atoms with Gasteiger partial charge in [0, 0.05) is 28.5 Å². The summed E-state index contributed by atoms with van der Waals surface area (Å²) in [6.45, 7) is 0. The fourth-order valence-corrected chi connectivity index (χ4v) is 5.21. The largest absolute Gasteiger partial charge is 0.506 e. The molecular weight excluding hydrogens is 398 g/mol. The number of anilines is 2. The van der Waals surface area contributed by atoms with Crippen molar-refractivity contribution in [3.05, 3.63) is 66.4 Å². The zero-order valence-electron chi connectivity index (χ0n) is 14.7. The van der Waals surface area contributed by atoms with Gasteiger partial charge in [-0.15, -0.1) is 11.3 Å². The molecule has 4 aromatic rings. The number of fused-ring (bicyclic) bond motifs is 1. The maximum absolute atomic E-state index is 13.6. The van der Waals surface area contributed by atoms with E-state index in [1.807, 2.05) is 0 Å². The molecule has 2 aromatic heterocycles. The van der Waals surface area contributed by atoms with Crippen LogP contribution in [0.5, 0.6) is 11.5 Å². The molecule has 0 saturated carbocycles. The summed E-state index contributed by atoms with van der Waals surface area (Å²) in [4.78, 5) is 8.12. The fraction of sp³-hybridized carbons (Fsp3) is 0.0526. The van der Waals surface area contributed by atoms with Gasteiger partial charge in [0.1, 0.15) is 17.2 Å². The summed E-state index contributed by atoms with van der Waals surface area (Å²) in [6, 6.07) is 11.3. The van der Waals surface area contributed by atoms with E-state index >= 15 is 0 Å². The van der Waals surface area contributed by atoms with Crippen LogP contribution in [0, 0.1) is 0 Å². The molecule has 28 heavy (non-hydrogen) atoms. The van der Waals surface area contributed by atoms with E-state index in [2.05, 4.69) is 9.97 Å². The van der Waals surface area contributed by atoms with Gasteiger partial charge < -0.3 is 9.84 Å². The van der Waals surface area contributed by atoms with Gasteiger partial charge in [0.2, 0.25) is 5.13 Å². The SMILES string of the molecule is COc1ccccc1N(c1nccs1)S(=O)(=O)c1ccc2cncc(O)c2c1. The van der Waals surface area contributed by atoms with Crippen molar-refractivity contribution in [1.82, 2.24) is 9.97 Å². The molecule has 142 valence electrons. The second kappa shape index (κ2) is 7.10. The number of pyridine rings is 1. The van der Waals surface area contributed by atoms with Gasteiger partial charge in [-0.2, -0.15) is 0 Å². The van der Waals surface area contributed by atoms with Gasteiger partial charge in [0.05, 0.1) is 18.2 Å². The molecule has 0 amide bonds. The topological polar surface area (TPSA) is 92.6 Å². The van der Waals surface area contributed by atoms with Crippen molar-refractivity contribution < 1.29 is 18.3 Å². The third-order valence-electron chi connectivity index (χ3n) is 4.15. The minimum Gasteiger partial charge on any atom is -0.506 e. The molecule has 4 rings (SSSR count). The molecular formula is C19H15N3O4S2. The molecule has 0 radical (unpaired) electrons. The Morgan fingerprint density at radius 1 is 1.14 bits per heavy atom. The Labute approximate surface area is 165 Å². The fourth-order valence-electron chi connectivity index (χ4n) is 2.84. The summed E-state index contributed by atoms with van der Waals surface area (Å²) in [5.74, 6) is 0.307. The van der Waals surface area contributed by atoms with E-state index in [1.165, 1.54) is 43.0 Å². The van der Waals surface area contributed by atoms with Crippen molar-refractivity contribution in [1.29, 1.82) is 0 Å². The number of nitrogens with zero attached hydrogens (tertiary/aromatic N) is 3. The maximum atomic E-state index is 13.6. The summed E-state index contributed by atoms with van der Waals surface area (Å²) in [7, 11) is -2.57. The standard InChI is InChI=1S/C19H15N3O4S2/c1-26-18-5-3-2-4-16(18)22(19-21-8-9-27-19)28(24,25)14-7-6-13-11-20-12-17(23)15(13)10-14/h2-12,23H,1H3. The number of aromatic hydroxyl groups is 1. The number of benzene rings is 2. The van der Waals surface area contributed by atoms with E-state index in [4.69, 9.17) is 4.74 Å². The molecule has 2 heterocycles. The van der Waals surface area contributed by atoms with Crippen molar-refractivity contribution in [3.8, 4) is 11.5 Å². The van der Waals surface area contributed by atoms with Crippen molar-refractivity contribution in [3.63, 3.8) is 0 Å². The Morgan fingerprint density at radius 2 is 1.96 bits per heavy atom. The molecule has 0 saturated heterocycles. The Bertz CT molecular complexity index is 1240. The molecule has 0 aliphatic carbocycles. The highest BCUT2D eigenvalue weighted by molar-refractivity contribution is 7.93. The molecule has 0 aliphatic heterocycles. The number of thiazole rings is 1.